The van der Waals surface area contributed by atoms with E-state index in [0.29, 0.717) is 25.1 Å². The number of nitrogens with one attached hydrogen (secondary N) is 1. The average molecular weight is 616 g/mol. The summed E-state index contributed by atoms with van der Waals surface area (Å²) in [4.78, 5) is 41.0. The third kappa shape index (κ3) is 8.26. The van der Waals surface area contributed by atoms with E-state index in [1.165, 1.54) is 12.1 Å². The molecule has 9 nitrogen and oxygen atoms in total. The van der Waals surface area contributed by atoms with Crippen LogP contribution in [0, 0.1) is 0 Å². The van der Waals surface area contributed by atoms with Crippen molar-refractivity contribution in [1.29, 1.82) is 0 Å². The first-order chi connectivity index (χ1) is 20.5. The minimum absolute atomic E-state index is 0.00270. The third-order valence-electron chi connectivity index (χ3n) is 8.35. The normalized spacial score (nSPS) is 21.0. The molecule has 4 rings (SSSR count). The standard InChI is InChI=1S/C31H41BF3N5O4/c1-30(2)23-9-6-19(12-24(23)32(3)44-30)14-27(41)26(13-18-4-7-20(8-5-18)31(33,34)35)39-29(43)25(38)10-11-28(42)40-16-21(36)15-22(37)17-40/h4-9,12,21-22,25-26H,10-11,13-17,36-38H2,1-3H3,(H,39,43)/t21-,22+,25-,26+/m0/s1. The van der Waals surface area contributed by atoms with Gasteiger partial charge >= 0.3 is 13.1 Å². The predicted octanol–water partition coefficient (Wildman–Crippen LogP) is 1.63. The molecule has 0 aromatic heterocycles. The number of nitrogens with two attached hydrogens (primary N) is 3. The lowest BCUT2D eigenvalue weighted by atomic mass is 9.63. The van der Waals surface area contributed by atoms with E-state index in [9.17, 15) is 27.6 Å². The molecule has 2 heterocycles. The Morgan fingerprint density at radius 3 is 2.30 bits per heavy atom. The monoisotopic (exact) mass is 615 g/mol. The number of Topliss-reactive ketones (excluding diaryl/α,β-unsaturated/α-hetero) is 1. The first-order valence-electron chi connectivity index (χ1n) is 14.9. The Labute approximate surface area is 256 Å². The molecule has 2 aromatic carbocycles. The van der Waals surface area contributed by atoms with E-state index in [0.717, 1.165) is 28.7 Å². The maximum atomic E-state index is 13.6. The molecule has 2 aliphatic rings. The van der Waals surface area contributed by atoms with Crippen LogP contribution in [0.3, 0.4) is 0 Å². The molecular weight excluding hydrogens is 574 g/mol. The highest BCUT2D eigenvalue weighted by molar-refractivity contribution is 6.67. The van der Waals surface area contributed by atoms with Gasteiger partial charge in [-0.1, -0.05) is 37.2 Å². The summed E-state index contributed by atoms with van der Waals surface area (Å²) >= 11 is 0. The Morgan fingerprint density at radius 2 is 1.68 bits per heavy atom. The highest BCUT2D eigenvalue weighted by atomic mass is 19.4. The van der Waals surface area contributed by atoms with Crippen LogP contribution in [-0.4, -0.2) is 66.7 Å². The smallest absolute Gasteiger partial charge is 0.416 e. The van der Waals surface area contributed by atoms with Crippen molar-refractivity contribution in [2.45, 2.75) is 88.7 Å². The number of carbonyl (C=O) groups is 3. The summed E-state index contributed by atoms with van der Waals surface area (Å²) in [6, 6.07) is 7.57. The van der Waals surface area contributed by atoms with Crippen LogP contribution in [-0.2, 0) is 43.7 Å². The SMILES string of the molecule is CB1OC(C)(C)c2ccc(CC(=O)[C@@H](Cc3ccc(C(F)(F)F)cc3)NC(=O)[C@@H](N)CCC(=O)N3C[C@H](N)C[C@H](N)C3)cc21. The van der Waals surface area contributed by atoms with Crippen LogP contribution in [0.4, 0.5) is 13.2 Å². The van der Waals surface area contributed by atoms with E-state index in [1.807, 2.05) is 38.9 Å². The molecule has 0 aliphatic carbocycles. The molecule has 7 N–H and O–H groups in total. The number of fused-ring (bicyclic) bond motifs is 1. The predicted molar refractivity (Wildman–Crippen MR) is 162 cm³/mol. The number of benzene rings is 2. The van der Waals surface area contributed by atoms with Crippen molar-refractivity contribution in [3.8, 4) is 0 Å². The van der Waals surface area contributed by atoms with Gasteiger partial charge < -0.3 is 32.1 Å². The first kappa shape index (κ1) is 33.6. The van der Waals surface area contributed by atoms with Crippen molar-refractivity contribution in [1.82, 2.24) is 10.2 Å². The van der Waals surface area contributed by atoms with Crippen LogP contribution < -0.4 is 28.0 Å². The van der Waals surface area contributed by atoms with Crippen LogP contribution in [0.5, 0.6) is 0 Å². The van der Waals surface area contributed by atoms with Crippen LogP contribution in [0.15, 0.2) is 42.5 Å². The molecule has 4 atom stereocenters. The van der Waals surface area contributed by atoms with Gasteiger partial charge in [0.05, 0.1) is 23.2 Å². The number of hydrogen-bond acceptors (Lipinski definition) is 7. The quantitative estimate of drug-likeness (QED) is 0.297. The molecule has 1 fully saturated rings. The number of likely N-dealkylation sites (tertiary alicyclic amines) is 1. The number of nitrogens with zero attached hydrogens (tertiary/aromatic N) is 1. The van der Waals surface area contributed by atoms with Crippen molar-refractivity contribution >= 4 is 30.0 Å². The number of amides is 2. The molecule has 0 unspecified atom stereocenters. The van der Waals surface area contributed by atoms with E-state index in [-0.39, 0.29) is 56.4 Å². The molecule has 0 spiro atoms. The van der Waals surface area contributed by atoms with Gasteiger partial charge in [-0.05, 0) is 67.4 Å². The number of rotatable bonds is 10. The molecule has 13 heteroatoms. The summed E-state index contributed by atoms with van der Waals surface area (Å²) < 4.78 is 45.3. The molecule has 44 heavy (non-hydrogen) atoms. The van der Waals surface area contributed by atoms with Gasteiger partial charge in [-0.2, -0.15) is 13.2 Å². The Morgan fingerprint density at radius 1 is 1.07 bits per heavy atom. The van der Waals surface area contributed by atoms with E-state index < -0.39 is 35.3 Å². The minimum atomic E-state index is -4.50. The zero-order valence-electron chi connectivity index (χ0n) is 25.3. The van der Waals surface area contributed by atoms with Gasteiger partial charge in [0.1, 0.15) is 0 Å². The van der Waals surface area contributed by atoms with E-state index in [2.05, 4.69) is 5.32 Å². The number of piperidine rings is 1. The van der Waals surface area contributed by atoms with Crippen molar-refractivity contribution < 1.29 is 32.2 Å². The highest BCUT2D eigenvalue weighted by Gasteiger charge is 2.38. The van der Waals surface area contributed by atoms with Crippen LogP contribution >= 0.6 is 0 Å². The van der Waals surface area contributed by atoms with Gasteiger partial charge in [0, 0.05) is 38.0 Å². The summed E-state index contributed by atoms with van der Waals surface area (Å²) in [6.45, 7) is 6.49. The van der Waals surface area contributed by atoms with Crippen molar-refractivity contribution in [3.63, 3.8) is 0 Å². The van der Waals surface area contributed by atoms with E-state index in [4.69, 9.17) is 21.9 Å². The lowest BCUT2D eigenvalue weighted by molar-refractivity contribution is -0.137. The summed E-state index contributed by atoms with van der Waals surface area (Å²) in [5.41, 5.74) is 20.0. The van der Waals surface area contributed by atoms with Crippen LogP contribution in [0.25, 0.3) is 0 Å². The molecule has 2 amide bonds. The lowest BCUT2D eigenvalue weighted by Gasteiger charge is -2.34. The van der Waals surface area contributed by atoms with Gasteiger partial charge in [0.25, 0.3) is 0 Å². The molecule has 238 valence electrons. The van der Waals surface area contributed by atoms with Gasteiger partial charge in [-0.3, -0.25) is 14.4 Å². The molecule has 0 bridgehead atoms. The van der Waals surface area contributed by atoms with Crippen LogP contribution in [0.2, 0.25) is 6.82 Å². The second-order valence-corrected chi connectivity index (χ2v) is 12.5. The fourth-order valence-corrected chi connectivity index (χ4v) is 6.04. The molecule has 2 aromatic rings. The Hall–Kier alpha value is -3.26. The topological polar surface area (TPSA) is 154 Å². The number of ketones is 1. The number of halogens is 3. The summed E-state index contributed by atoms with van der Waals surface area (Å²) in [5.74, 6) is -1.18. The van der Waals surface area contributed by atoms with Crippen LogP contribution in [0.1, 0.15) is 55.4 Å². The van der Waals surface area contributed by atoms with Crippen molar-refractivity contribution in [3.05, 3.63) is 64.7 Å². The number of carbonyl (C=O) groups excluding carboxylic acids is 3. The third-order valence-corrected chi connectivity index (χ3v) is 8.35. The summed E-state index contributed by atoms with van der Waals surface area (Å²) in [7, 11) is 0. The van der Waals surface area contributed by atoms with E-state index in [1.54, 1.807) is 4.90 Å². The average Bonchev–Trinajstić information content (AvgIpc) is 3.17. The number of alkyl halides is 3. The second-order valence-electron chi connectivity index (χ2n) is 12.5. The zero-order chi connectivity index (χ0) is 32.4. The zero-order valence-corrected chi connectivity index (χ0v) is 25.3. The van der Waals surface area contributed by atoms with Gasteiger partial charge in [0.15, 0.2) is 5.78 Å². The maximum Gasteiger partial charge on any atom is 0.416 e. The van der Waals surface area contributed by atoms with Crippen molar-refractivity contribution in [2.24, 2.45) is 17.2 Å². The highest BCUT2D eigenvalue weighted by Crippen LogP contribution is 2.31. The maximum absolute atomic E-state index is 13.6. The Kier molecular flexibility index (Phi) is 10.2. The summed E-state index contributed by atoms with van der Waals surface area (Å²) in [6.07, 6.45) is -3.90. The fraction of sp³-hybridized carbons (Fsp3) is 0.516. The molecule has 0 saturated carbocycles. The summed E-state index contributed by atoms with van der Waals surface area (Å²) in [5, 5.41) is 2.70. The Balaban J connectivity index is 1.45. The van der Waals surface area contributed by atoms with E-state index >= 15 is 0 Å². The minimum Gasteiger partial charge on any atom is -0.422 e. The molecule has 2 aliphatic heterocycles. The second kappa shape index (κ2) is 13.4. The first-order valence-corrected chi connectivity index (χ1v) is 14.9. The lowest BCUT2D eigenvalue weighted by Crippen LogP contribution is -2.54. The molecule has 1 saturated heterocycles. The molecular formula is C31H41BF3N5O4. The van der Waals surface area contributed by atoms with Gasteiger partial charge in [-0.15, -0.1) is 0 Å². The molecule has 0 radical (unpaired) electrons. The Bertz CT molecular complexity index is 1360. The van der Waals surface area contributed by atoms with Gasteiger partial charge in [-0.25, -0.2) is 0 Å². The number of hydrogen-bond donors (Lipinski definition) is 4. The van der Waals surface area contributed by atoms with Crippen molar-refractivity contribution in [2.75, 3.05) is 13.1 Å². The fourth-order valence-electron chi connectivity index (χ4n) is 6.04. The van der Waals surface area contributed by atoms with Gasteiger partial charge in [0.2, 0.25) is 11.8 Å². The largest absolute Gasteiger partial charge is 0.422 e.